The second-order valence-electron chi connectivity index (χ2n) is 4.12. The number of halogens is 3. The summed E-state index contributed by atoms with van der Waals surface area (Å²) in [7, 11) is 0. The summed E-state index contributed by atoms with van der Waals surface area (Å²) in [5, 5.41) is 9.24. The van der Waals surface area contributed by atoms with Crippen molar-refractivity contribution in [3.05, 3.63) is 0 Å². The lowest BCUT2D eigenvalue weighted by Crippen LogP contribution is -2.45. The van der Waals surface area contributed by atoms with Gasteiger partial charge in [-0.05, 0) is 19.8 Å². The van der Waals surface area contributed by atoms with Crippen LogP contribution in [0.25, 0.3) is 0 Å². The first-order chi connectivity index (χ1) is 7.79. The lowest BCUT2D eigenvalue weighted by atomic mass is 10.1. The number of nitrogens with zero attached hydrogens (tertiary/aromatic N) is 1. The lowest BCUT2D eigenvalue weighted by molar-refractivity contribution is -0.188. The monoisotopic (exact) mass is 255 g/mol. The number of likely N-dealkylation sites (tertiary alicyclic amines) is 1. The van der Waals surface area contributed by atoms with Gasteiger partial charge in [0.05, 0.1) is 6.10 Å². The van der Waals surface area contributed by atoms with Gasteiger partial charge in [-0.25, -0.2) is 0 Å². The Hall–Kier alpha value is -0.820. The fourth-order valence-electron chi connectivity index (χ4n) is 1.63. The van der Waals surface area contributed by atoms with Gasteiger partial charge in [-0.1, -0.05) is 0 Å². The third-order valence-electron chi connectivity index (χ3n) is 2.62. The van der Waals surface area contributed by atoms with Crippen LogP contribution in [-0.2, 0) is 9.53 Å². The standard InChI is InChI=1S/C10H16F3NO3/c1-7(17-6-10(11,12)13)9(16)14-4-2-8(15)3-5-14/h7-8,15H,2-6H2,1H3. The van der Waals surface area contributed by atoms with Crippen molar-refractivity contribution in [3.8, 4) is 0 Å². The van der Waals surface area contributed by atoms with Gasteiger partial charge in [-0.15, -0.1) is 0 Å². The Morgan fingerprint density at radius 3 is 2.47 bits per heavy atom. The average molecular weight is 255 g/mol. The summed E-state index contributed by atoms with van der Waals surface area (Å²) in [6, 6.07) is 0. The van der Waals surface area contributed by atoms with E-state index in [-0.39, 0.29) is 0 Å². The van der Waals surface area contributed by atoms with E-state index in [0.717, 1.165) is 0 Å². The van der Waals surface area contributed by atoms with E-state index in [1.807, 2.05) is 0 Å². The largest absolute Gasteiger partial charge is 0.411 e. The molecule has 4 nitrogen and oxygen atoms in total. The van der Waals surface area contributed by atoms with Gasteiger partial charge in [0.25, 0.3) is 5.91 Å². The van der Waals surface area contributed by atoms with Crippen molar-refractivity contribution >= 4 is 5.91 Å². The molecule has 1 heterocycles. The highest BCUT2D eigenvalue weighted by Gasteiger charge is 2.31. The molecule has 1 aliphatic rings. The number of alkyl halides is 3. The Kier molecular flexibility index (Phi) is 4.76. The molecule has 1 rings (SSSR count). The average Bonchev–Trinajstić information content (AvgIpc) is 2.25. The Bertz CT molecular complexity index is 262. The third kappa shape index (κ3) is 4.91. The van der Waals surface area contributed by atoms with Crippen molar-refractivity contribution < 1.29 is 27.8 Å². The molecule has 1 amide bonds. The van der Waals surface area contributed by atoms with Crippen LogP contribution in [0.1, 0.15) is 19.8 Å². The van der Waals surface area contributed by atoms with Gasteiger partial charge in [0.1, 0.15) is 12.7 Å². The number of ether oxygens (including phenoxy) is 1. The first-order valence-corrected chi connectivity index (χ1v) is 5.45. The summed E-state index contributed by atoms with van der Waals surface area (Å²) >= 11 is 0. The highest BCUT2D eigenvalue weighted by molar-refractivity contribution is 5.80. The van der Waals surface area contributed by atoms with Crippen LogP contribution in [0.4, 0.5) is 13.2 Å². The summed E-state index contributed by atoms with van der Waals surface area (Å²) in [6.07, 6.45) is -5.04. The molecular weight excluding hydrogens is 239 g/mol. The molecule has 1 N–H and O–H groups in total. The second kappa shape index (κ2) is 5.68. The number of carbonyl (C=O) groups excluding carboxylic acids is 1. The first kappa shape index (κ1) is 14.2. The van der Waals surface area contributed by atoms with E-state index in [4.69, 9.17) is 0 Å². The minimum absolute atomic E-state index is 0.361. The quantitative estimate of drug-likeness (QED) is 0.816. The maximum absolute atomic E-state index is 11.9. The van der Waals surface area contributed by atoms with Crippen molar-refractivity contribution in [1.29, 1.82) is 0 Å². The summed E-state index contributed by atoms with van der Waals surface area (Å²) in [5.74, 6) is -0.457. The highest BCUT2D eigenvalue weighted by atomic mass is 19.4. The number of rotatable bonds is 3. The van der Waals surface area contributed by atoms with Crippen LogP contribution in [0, 0.1) is 0 Å². The molecule has 0 aromatic rings. The molecule has 0 aliphatic carbocycles. The van der Waals surface area contributed by atoms with Gasteiger partial charge in [0.2, 0.25) is 0 Å². The van der Waals surface area contributed by atoms with E-state index < -0.39 is 30.9 Å². The molecule has 0 radical (unpaired) electrons. The number of carbonyl (C=O) groups is 1. The van der Waals surface area contributed by atoms with Gasteiger partial charge in [-0.2, -0.15) is 13.2 Å². The number of aliphatic hydroxyl groups is 1. The van der Waals surface area contributed by atoms with Gasteiger partial charge < -0.3 is 14.7 Å². The molecular formula is C10H16F3NO3. The molecule has 100 valence electrons. The lowest BCUT2D eigenvalue weighted by Gasteiger charge is -2.31. The summed E-state index contributed by atoms with van der Waals surface area (Å²) in [6.45, 7) is 0.606. The molecule has 1 atom stereocenters. The minimum atomic E-state index is -4.42. The molecule has 7 heteroatoms. The molecule has 0 aromatic heterocycles. The number of hydrogen-bond acceptors (Lipinski definition) is 3. The molecule has 1 saturated heterocycles. The van der Waals surface area contributed by atoms with Crippen LogP contribution in [0.5, 0.6) is 0 Å². The maximum Gasteiger partial charge on any atom is 0.411 e. The maximum atomic E-state index is 11.9. The van der Waals surface area contributed by atoms with Crippen molar-refractivity contribution in [2.24, 2.45) is 0 Å². The van der Waals surface area contributed by atoms with Crippen LogP contribution in [0.3, 0.4) is 0 Å². The van der Waals surface area contributed by atoms with Gasteiger partial charge in [-0.3, -0.25) is 4.79 Å². The van der Waals surface area contributed by atoms with Crippen molar-refractivity contribution in [2.75, 3.05) is 19.7 Å². The number of amides is 1. The molecule has 1 aliphatic heterocycles. The predicted octanol–water partition coefficient (Wildman–Crippen LogP) is 0.937. The summed E-state index contributed by atoms with van der Waals surface area (Å²) in [5.41, 5.74) is 0. The van der Waals surface area contributed by atoms with E-state index in [9.17, 15) is 23.1 Å². The molecule has 0 spiro atoms. The number of hydrogen-bond donors (Lipinski definition) is 1. The van der Waals surface area contributed by atoms with Gasteiger partial charge in [0.15, 0.2) is 0 Å². The predicted molar refractivity (Wildman–Crippen MR) is 53.3 cm³/mol. The molecule has 1 unspecified atom stereocenters. The zero-order valence-electron chi connectivity index (χ0n) is 9.54. The zero-order chi connectivity index (χ0) is 13.1. The molecule has 0 bridgehead atoms. The first-order valence-electron chi connectivity index (χ1n) is 5.45. The Morgan fingerprint density at radius 2 is 2.00 bits per heavy atom. The van der Waals surface area contributed by atoms with Crippen LogP contribution in [-0.4, -0.2) is 54.0 Å². The van der Waals surface area contributed by atoms with E-state index in [0.29, 0.717) is 25.9 Å². The van der Waals surface area contributed by atoms with E-state index >= 15 is 0 Å². The topological polar surface area (TPSA) is 49.8 Å². The molecule has 0 aromatic carbocycles. The van der Waals surface area contributed by atoms with Crippen LogP contribution in [0.15, 0.2) is 0 Å². The number of piperidine rings is 1. The van der Waals surface area contributed by atoms with E-state index in [1.54, 1.807) is 0 Å². The Labute approximate surface area is 97.3 Å². The van der Waals surface area contributed by atoms with Crippen LogP contribution >= 0.6 is 0 Å². The second-order valence-corrected chi connectivity index (χ2v) is 4.12. The Balaban J connectivity index is 2.36. The molecule has 0 saturated carbocycles. The molecule has 1 fully saturated rings. The van der Waals surface area contributed by atoms with E-state index in [2.05, 4.69) is 4.74 Å². The highest BCUT2D eigenvalue weighted by Crippen LogP contribution is 2.17. The van der Waals surface area contributed by atoms with Crippen molar-refractivity contribution in [3.63, 3.8) is 0 Å². The zero-order valence-corrected chi connectivity index (χ0v) is 9.54. The fourth-order valence-corrected chi connectivity index (χ4v) is 1.63. The van der Waals surface area contributed by atoms with Gasteiger partial charge in [0, 0.05) is 13.1 Å². The third-order valence-corrected chi connectivity index (χ3v) is 2.62. The smallest absolute Gasteiger partial charge is 0.393 e. The van der Waals surface area contributed by atoms with Crippen molar-refractivity contribution in [1.82, 2.24) is 4.90 Å². The molecule has 17 heavy (non-hydrogen) atoms. The minimum Gasteiger partial charge on any atom is -0.393 e. The SMILES string of the molecule is CC(OCC(F)(F)F)C(=O)N1CCC(O)CC1. The normalized spacial score (nSPS) is 20.4. The fraction of sp³-hybridized carbons (Fsp3) is 0.900. The van der Waals surface area contributed by atoms with Crippen molar-refractivity contribution in [2.45, 2.75) is 38.1 Å². The van der Waals surface area contributed by atoms with E-state index in [1.165, 1.54) is 11.8 Å². The van der Waals surface area contributed by atoms with Crippen LogP contribution in [0.2, 0.25) is 0 Å². The Morgan fingerprint density at radius 1 is 1.47 bits per heavy atom. The summed E-state index contributed by atoms with van der Waals surface area (Å²) in [4.78, 5) is 13.1. The number of aliphatic hydroxyl groups excluding tert-OH is 1. The summed E-state index contributed by atoms with van der Waals surface area (Å²) < 4.78 is 40.1. The van der Waals surface area contributed by atoms with Gasteiger partial charge >= 0.3 is 6.18 Å². The van der Waals surface area contributed by atoms with Crippen LogP contribution < -0.4 is 0 Å².